The van der Waals surface area contributed by atoms with E-state index in [0.717, 1.165) is 13.0 Å². The van der Waals surface area contributed by atoms with Gasteiger partial charge in [0.25, 0.3) is 0 Å². The van der Waals surface area contributed by atoms with Crippen molar-refractivity contribution < 1.29 is 0 Å². The van der Waals surface area contributed by atoms with E-state index < -0.39 is 0 Å². The molecule has 0 aromatic heterocycles. The molecule has 0 aromatic rings. The maximum atomic E-state index is 5.82. The van der Waals surface area contributed by atoms with Crippen LogP contribution in [-0.4, -0.2) is 12.7 Å². The summed E-state index contributed by atoms with van der Waals surface area (Å²) in [6.45, 7) is 5.49. The van der Waals surface area contributed by atoms with Crippen molar-refractivity contribution in [1.82, 2.24) is 5.32 Å². The van der Waals surface area contributed by atoms with Crippen LogP contribution < -0.4 is 11.1 Å². The van der Waals surface area contributed by atoms with Gasteiger partial charge >= 0.3 is 0 Å². The van der Waals surface area contributed by atoms with E-state index in [-0.39, 0.29) is 6.17 Å². The van der Waals surface area contributed by atoms with E-state index >= 15 is 0 Å². The summed E-state index contributed by atoms with van der Waals surface area (Å²) < 4.78 is 0. The van der Waals surface area contributed by atoms with Crippen LogP contribution in [0.3, 0.4) is 0 Å². The number of hydrogen-bond donors (Lipinski definition) is 2. The number of hydrogen-bond acceptors (Lipinski definition) is 2. The van der Waals surface area contributed by atoms with Gasteiger partial charge in [0.05, 0.1) is 6.17 Å². The molecular formula is C21H44N2. The zero-order valence-corrected chi connectivity index (χ0v) is 16.1. The predicted molar refractivity (Wildman–Crippen MR) is 106 cm³/mol. The molecule has 0 aliphatic carbocycles. The second-order valence-electron chi connectivity index (χ2n) is 6.91. The number of rotatable bonds is 18. The second-order valence-corrected chi connectivity index (χ2v) is 6.91. The van der Waals surface area contributed by atoms with Gasteiger partial charge in [-0.15, -0.1) is 0 Å². The number of allylic oxidation sites excluding steroid dienone is 2. The zero-order valence-electron chi connectivity index (χ0n) is 16.1. The van der Waals surface area contributed by atoms with E-state index in [1.165, 1.54) is 89.9 Å². The lowest BCUT2D eigenvalue weighted by molar-refractivity contribution is 0.489. The second kappa shape index (κ2) is 19.7. The van der Waals surface area contributed by atoms with Gasteiger partial charge < -0.3 is 11.1 Å². The molecule has 1 atom stereocenters. The molecule has 0 fully saturated rings. The minimum Gasteiger partial charge on any atom is -0.316 e. The Kier molecular flexibility index (Phi) is 19.4. The molecule has 0 aromatic carbocycles. The summed E-state index contributed by atoms with van der Waals surface area (Å²) in [7, 11) is 0. The van der Waals surface area contributed by atoms with Crippen LogP contribution in [0.25, 0.3) is 0 Å². The standard InChI is InChI=1S/C21H44N2/c1-3-5-6-7-8-9-10-11-12-13-14-15-16-17-18-19-20-23-21(22)4-2/h11-12,21,23H,3-10,13-20,22H2,1-2H3/b12-11+. The van der Waals surface area contributed by atoms with Crippen molar-refractivity contribution in [3.63, 3.8) is 0 Å². The first-order chi connectivity index (χ1) is 11.3. The average molecular weight is 325 g/mol. The molecule has 0 rings (SSSR count). The smallest absolute Gasteiger partial charge is 0.0543 e. The topological polar surface area (TPSA) is 38.0 Å². The van der Waals surface area contributed by atoms with Crippen LogP contribution in [0.4, 0.5) is 0 Å². The van der Waals surface area contributed by atoms with Crippen molar-refractivity contribution in [2.45, 2.75) is 116 Å². The lowest BCUT2D eigenvalue weighted by atomic mass is 10.1. The number of unbranched alkanes of at least 4 members (excludes halogenated alkanes) is 12. The van der Waals surface area contributed by atoms with Gasteiger partial charge in [0.1, 0.15) is 0 Å². The van der Waals surface area contributed by atoms with Gasteiger partial charge in [-0.25, -0.2) is 0 Å². The van der Waals surface area contributed by atoms with Crippen LogP contribution in [0, 0.1) is 0 Å². The highest BCUT2D eigenvalue weighted by Gasteiger charge is 1.96. The monoisotopic (exact) mass is 324 g/mol. The van der Waals surface area contributed by atoms with Crippen molar-refractivity contribution in [1.29, 1.82) is 0 Å². The lowest BCUT2D eigenvalue weighted by Gasteiger charge is -2.10. The van der Waals surface area contributed by atoms with Gasteiger partial charge in [0, 0.05) is 0 Å². The first-order valence-electron chi connectivity index (χ1n) is 10.4. The van der Waals surface area contributed by atoms with Crippen molar-refractivity contribution in [2.24, 2.45) is 5.73 Å². The van der Waals surface area contributed by atoms with E-state index in [4.69, 9.17) is 5.73 Å². The maximum Gasteiger partial charge on any atom is 0.0543 e. The summed E-state index contributed by atoms with van der Waals surface area (Å²) in [6.07, 6.45) is 25.2. The molecule has 0 aliphatic rings. The van der Waals surface area contributed by atoms with Crippen LogP contribution in [0.15, 0.2) is 12.2 Å². The Labute approximate surface area is 146 Å². The Hall–Kier alpha value is -0.340. The van der Waals surface area contributed by atoms with Gasteiger partial charge in [0.2, 0.25) is 0 Å². The van der Waals surface area contributed by atoms with Gasteiger partial charge in [-0.2, -0.15) is 0 Å². The summed E-state index contributed by atoms with van der Waals surface area (Å²) in [5.41, 5.74) is 5.82. The lowest BCUT2D eigenvalue weighted by Crippen LogP contribution is -2.37. The molecule has 0 saturated heterocycles. The minimum absolute atomic E-state index is 0.193. The number of nitrogens with one attached hydrogen (secondary N) is 1. The highest BCUT2D eigenvalue weighted by molar-refractivity contribution is 4.81. The molecule has 0 aliphatic heterocycles. The summed E-state index contributed by atoms with van der Waals surface area (Å²) in [5.74, 6) is 0. The molecule has 138 valence electrons. The first-order valence-corrected chi connectivity index (χ1v) is 10.4. The summed E-state index contributed by atoms with van der Waals surface area (Å²) in [6, 6.07) is 0. The van der Waals surface area contributed by atoms with Crippen LogP contribution in [0.2, 0.25) is 0 Å². The summed E-state index contributed by atoms with van der Waals surface area (Å²) in [4.78, 5) is 0. The molecule has 0 saturated carbocycles. The van der Waals surface area contributed by atoms with Gasteiger partial charge in [-0.05, 0) is 45.1 Å². The average Bonchev–Trinajstić information content (AvgIpc) is 2.57. The predicted octanol–water partition coefficient (Wildman–Crippen LogP) is 6.31. The summed E-state index contributed by atoms with van der Waals surface area (Å²) >= 11 is 0. The van der Waals surface area contributed by atoms with E-state index in [1.54, 1.807) is 0 Å². The van der Waals surface area contributed by atoms with Crippen molar-refractivity contribution in [3.05, 3.63) is 12.2 Å². The molecule has 1 unspecified atom stereocenters. The third-order valence-corrected chi connectivity index (χ3v) is 4.53. The fourth-order valence-corrected chi connectivity index (χ4v) is 2.80. The maximum absolute atomic E-state index is 5.82. The Balaban J connectivity index is 3.08. The third-order valence-electron chi connectivity index (χ3n) is 4.53. The van der Waals surface area contributed by atoms with Gasteiger partial charge in [-0.1, -0.05) is 83.8 Å². The van der Waals surface area contributed by atoms with Gasteiger partial charge in [0.15, 0.2) is 0 Å². The molecule has 0 bridgehead atoms. The molecule has 2 heteroatoms. The molecule has 0 heterocycles. The molecule has 23 heavy (non-hydrogen) atoms. The van der Waals surface area contributed by atoms with E-state index in [1.807, 2.05) is 0 Å². The number of nitrogens with two attached hydrogens (primary N) is 1. The minimum atomic E-state index is 0.193. The van der Waals surface area contributed by atoms with Crippen LogP contribution in [0.1, 0.15) is 110 Å². The van der Waals surface area contributed by atoms with Crippen LogP contribution in [-0.2, 0) is 0 Å². The molecular weight excluding hydrogens is 280 g/mol. The van der Waals surface area contributed by atoms with Gasteiger partial charge in [-0.3, -0.25) is 0 Å². The molecule has 3 N–H and O–H groups in total. The SMILES string of the molecule is CCCCCCCC/C=C/CCCCCCCCNC(N)CC. The molecule has 2 nitrogen and oxygen atoms in total. The van der Waals surface area contributed by atoms with Crippen molar-refractivity contribution in [2.75, 3.05) is 6.54 Å². The van der Waals surface area contributed by atoms with Crippen LogP contribution >= 0.6 is 0 Å². The van der Waals surface area contributed by atoms with E-state index in [0.29, 0.717) is 0 Å². The first kappa shape index (κ1) is 22.7. The third kappa shape index (κ3) is 19.6. The fraction of sp³-hybridized carbons (Fsp3) is 0.905. The quantitative estimate of drug-likeness (QED) is 0.176. The molecule has 0 amide bonds. The Morgan fingerprint density at radius 3 is 1.70 bits per heavy atom. The van der Waals surface area contributed by atoms with Crippen molar-refractivity contribution >= 4 is 0 Å². The highest BCUT2D eigenvalue weighted by Crippen LogP contribution is 2.09. The van der Waals surface area contributed by atoms with Crippen LogP contribution in [0.5, 0.6) is 0 Å². The Bertz CT molecular complexity index is 238. The highest BCUT2D eigenvalue weighted by atomic mass is 15.0. The molecule has 0 spiro atoms. The van der Waals surface area contributed by atoms with Crippen molar-refractivity contribution in [3.8, 4) is 0 Å². The zero-order chi connectivity index (χ0) is 17.0. The largest absolute Gasteiger partial charge is 0.316 e. The summed E-state index contributed by atoms with van der Waals surface area (Å²) in [5, 5.41) is 3.35. The Morgan fingerprint density at radius 2 is 1.17 bits per heavy atom. The molecule has 0 radical (unpaired) electrons. The Morgan fingerprint density at radius 1 is 0.696 bits per heavy atom. The van der Waals surface area contributed by atoms with E-state index in [2.05, 4.69) is 31.3 Å². The normalized spacial score (nSPS) is 13.0. The van der Waals surface area contributed by atoms with E-state index in [9.17, 15) is 0 Å². The fourth-order valence-electron chi connectivity index (χ4n) is 2.80.